The molecule has 0 heterocycles. The van der Waals surface area contributed by atoms with Crippen LogP contribution in [0.3, 0.4) is 0 Å². The zero-order valence-corrected chi connectivity index (χ0v) is 15.2. The van der Waals surface area contributed by atoms with Gasteiger partial charge in [-0.05, 0) is 23.1 Å². The summed E-state index contributed by atoms with van der Waals surface area (Å²) in [6.45, 7) is 2.28. The summed E-state index contributed by atoms with van der Waals surface area (Å²) in [6.07, 6.45) is 6.27. The molecule has 3 rings (SSSR count). The summed E-state index contributed by atoms with van der Waals surface area (Å²) in [5.74, 6) is 0. The van der Waals surface area contributed by atoms with E-state index >= 15 is 0 Å². The third-order valence-electron chi connectivity index (χ3n) is 5.21. The van der Waals surface area contributed by atoms with Crippen LogP contribution in [0.5, 0.6) is 0 Å². The van der Waals surface area contributed by atoms with E-state index in [-0.39, 0.29) is 5.41 Å². The number of unbranched alkanes of at least 4 members (excludes halogenated alkanes) is 3. The van der Waals surface area contributed by atoms with Gasteiger partial charge < -0.3 is 0 Å². The van der Waals surface area contributed by atoms with Crippen molar-refractivity contribution in [3.8, 4) is 0 Å². The van der Waals surface area contributed by atoms with Gasteiger partial charge in [0.15, 0.2) is 0 Å². The van der Waals surface area contributed by atoms with E-state index < -0.39 is 0 Å². The van der Waals surface area contributed by atoms with Crippen molar-refractivity contribution in [2.45, 2.75) is 44.4 Å². The van der Waals surface area contributed by atoms with Crippen LogP contribution in [0.25, 0.3) is 0 Å². The lowest BCUT2D eigenvalue weighted by Crippen LogP contribution is -2.29. The highest BCUT2D eigenvalue weighted by Crippen LogP contribution is 2.43. The molecule has 0 unspecified atom stereocenters. The van der Waals surface area contributed by atoms with Crippen LogP contribution in [0, 0.1) is 0 Å². The first-order valence-corrected chi connectivity index (χ1v) is 9.54. The molecule has 0 N–H and O–H groups in total. The second-order valence-corrected chi connectivity index (χ2v) is 6.81. The molecule has 0 aliphatic heterocycles. The van der Waals surface area contributed by atoms with E-state index in [1.807, 2.05) is 0 Å². The molecule has 0 saturated heterocycles. The molecular formula is C25H28. The predicted octanol–water partition coefficient (Wildman–Crippen LogP) is 6.99. The van der Waals surface area contributed by atoms with Gasteiger partial charge in [-0.3, -0.25) is 0 Å². The minimum absolute atomic E-state index is 0.0719. The monoisotopic (exact) mass is 328 g/mol. The fraction of sp³-hybridized carbons (Fsp3) is 0.280. The molecule has 0 radical (unpaired) electrons. The highest BCUT2D eigenvalue weighted by atomic mass is 14.4. The first kappa shape index (κ1) is 17.5. The van der Waals surface area contributed by atoms with Crippen LogP contribution in [-0.4, -0.2) is 0 Å². The lowest BCUT2D eigenvalue weighted by molar-refractivity contribution is 0.507. The van der Waals surface area contributed by atoms with E-state index in [9.17, 15) is 0 Å². The predicted molar refractivity (Wildman–Crippen MR) is 108 cm³/mol. The summed E-state index contributed by atoms with van der Waals surface area (Å²) in [7, 11) is 0. The minimum atomic E-state index is -0.0719. The SMILES string of the molecule is CCCCCCC(c1ccccc1)(c1ccccc1)c1ccccc1. The molecule has 0 bridgehead atoms. The summed E-state index contributed by atoms with van der Waals surface area (Å²) < 4.78 is 0. The van der Waals surface area contributed by atoms with Crippen molar-refractivity contribution in [1.82, 2.24) is 0 Å². The van der Waals surface area contributed by atoms with Crippen molar-refractivity contribution in [3.63, 3.8) is 0 Å². The van der Waals surface area contributed by atoms with E-state index in [0.717, 1.165) is 6.42 Å². The molecule has 3 aromatic rings. The molecular weight excluding hydrogens is 300 g/mol. The Morgan fingerprint density at radius 2 is 0.920 bits per heavy atom. The smallest absolute Gasteiger partial charge is 0.0451 e. The second-order valence-electron chi connectivity index (χ2n) is 6.81. The summed E-state index contributed by atoms with van der Waals surface area (Å²) in [5.41, 5.74) is 4.11. The summed E-state index contributed by atoms with van der Waals surface area (Å²) in [6, 6.07) is 33.1. The van der Waals surface area contributed by atoms with Gasteiger partial charge in [0.1, 0.15) is 0 Å². The lowest BCUT2D eigenvalue weighted by atomic mass is 9.66. The largest absolute Gasteiger partial charge is 0.0654 e. The summed E-state index contributed by atoms with van der Waals surface area (Å²) >= 11 is 0. The van der Waals surface area contributed by atoms with Crippen molar-refractivity contribution in [1.29, 1.82) is 0 Å². The van der Waals surface area contributed by atoms with Crippen molar-refractivity contribution < 1.29 is 0 Å². The average molecular weight is 328 g/mol. The standard InChI is InChI=1S/C25H28/c1-2-3-4-14-21-25(22-15-8-5-9-16-22,23-17-10-6-11-18-23)24-19-12-7-13-20-24/h5-13,15-20H,2-4,14,21H2,1H3. The molecule has 25 heavy (non-hydrogen) atoms. The van der Waals surface area contributed by atoms with E-state index in [1.165, 1.54) is 42.4 Å². The van der Waals surface area contributed by atoms with Gasteiger partial charge in [-0.25, -0.2) is 0 Å². The molecule has 0 atom stereocenters. The molecule has 0 saturated carbocycles. The van der Waals surface area contributed by atoms with Gasteiger partial charge in [0.2, 0.25) is 0 Å². The number of hydrogen-bond donors (Lipinski definition) is 0. The Balaban J connectivity index is 2.13. The Morgan fingerprint density at radius 1 is 0.520 bits per heavy atom. The number of benzene rings is 3. The molecule has 0 heteroatoms. The van der Waals surface area contributed by atoms with E-state index in [2.05, 4.69) is 97.9 Å². The Bertz CT molecular complexity index is 632. The van der Waals surface area contributed by atoms with E-state index in [4.69, 9.17) is 0 Å². The third kappa shape index (κ3) is 3.85. The average Bonchev–Trinajstić information content (AvgIpc) is 2.70. The van der Waals surface area contributed by atoms with Crippen molar-refractivity contribution >= 4 is 0 Å². The first-order chi connectivity index (χ1) is 12.4. The Kier molecular flexibility index (Phi) is 6.06. The van der Waals surface area contributed by atoms with Crippen LogP contribution < -0.4 is 0 Å². The molecule has 0 aliphatic carbocycles. The molecule has 3 aromatic carbocycles. The lowest BCUT2D eigenvalue weighted by Gasteiger charge is -2.36. The van der Waals surface area contributed by atoms with Gasteiger partial charge in [-0.15, -0.1) is 0 Å². The number of rotatable bonds is 8. The van der Waals surface area contributed by atoms with Gasteiger partial charge in [-0.2, -0.15) is 0 Å². The van der Waals surface area contributed by atoms with Crippen LogP contribution >= 0.6 is 0 Å². The number of hydrogen-bond acceptors (Lipinski definition) is 0. The molecule has 0 aliphatic rings. The summed E-state index contributed by atoms with van der Waals surface area (Å²) in [4.78, 5) is 0. The normalized spacial score (nSPS) is 11.4. The molecule has 0 amide bonds. The van der Waals surface area contributed by atoms with E-state index in [0.29, 0.717) is 0 Å². The molecule has 128 valence electrons. The first-order valence-electron chi connectivity index (χ1n) is 9.54. The highest BCUT2D eigenvalue weighted by Gasteiger charge is 2.35. The zero-order valence-electron chi connectivity index (χ0n) is 15.2. The van der Waals surface area contributed by atoms with Crippen LogP contribution in [0.2, 0.25) is 0 Å². The van der Waals surface area contributed by atoms with Gasteiger partial charge in [0, 0.05) is 5.41 Å². The maximum Gasteiger partial charge on any atom is 0.0451 e. The second kappa shape index (κ2) is 8.67. The maximum atomic E-state index is 2.29. The fourth-order valence-corrected chi connectivity index (χ4v) is 3.92. The highest BCUT2D eigenvalue weighted by molar-refractivity contribution is 5.50. The molecule has 0 spiro atoms. The van der Waals surface area contributed by atoms with Gasteiger partial charge in [-0.1, -0.05) is 124 Å². The van der Waals surface area contributed by atoms with Crippen molar-refractivity contribution in [2.75, 3.05) is 0 Å². The van der Waals surface area contributed by atoms with Crippen LogP contribution in [-0.2, 0) is 5.41 Å². The fourth-order valence-electron chi connectivity index (χ4n) is 3.92. The Hall–Kier alpha value is -2.34. The van der Waals surface area contributed by atoms with Gasteiger partial charge >= 0.3 is 0 Å². The quantitative estimate of drug-likeness (QED) is 0.309. The van der Waals surface area contributed by atoms with Crippen molar-refractivity contribution in [2.24, 2.45) is 0 Å². The minimum Gasteiger partial charge on any atom is -0.0654 e. The van der Waals surface area contributed by atoms with Crippen LogP contribution in [0.15, 0.2) is 91.0 Å². The molecule has 0 aromatic heterocycles. The Morgan fingerprint density at radius 3 is 1.28 bits per heavy atom. The van der Waals surface area contributed by atoms with Crippen molar-refractivity contribution in [3.05, 3.63) is 108 Å². The summed E-state index contributed by atoms with van der Waals surface area (Å²) in [5, 5.41) is 0. The maximum absolute atomic E-state index is 2.29. The van der Waals surface area contributed by atoms with E-state index in [1.54, 1.807) is 0 Å². The zero-order chi connectivity index (χ0) is 17.4. The van der Waals surface area contributed by atoms with Gasteiger partial charge in [0.05, 0.1) is 0 Å². The van der Waals surface area contributed by atoms with Gasteiger partial charge in [0.25, 0.3) is 0 Å². The molecule has 0 nitrogen and oxygen atoms in total. The van der Waals surface area contributed by atoms with Crippen LogP contribution in [0.1, 0.15) is 55.7 Å². The molecule has 0 fully saturated rings. The van der Waals surface area contributed by atoms with Crippen LogP contribution in [0.4, 0.5) is 0 Å². The topological polar surface area (TPSA) is 0 Å². The Labute approximate surface area is 152 Å². The third-order valence-corrected chi connectivity index (χ3v) is 5.21.